The first kappa shape index (κ1) is 33.2. The number of fused-ring (bicyclic) bond motifs is 2. The largest absolute Gasteiger partial charge is 0.380 e. The number of nitrogens with zero attached hydrogens (tertiary/aromatic N) is 5. The number of nitrogens with one attached hydrogen (secondary N) is 6. The maximum atomic E-state index is 13.7. The smallest absolute Gasteiger partial charge is 0.275 e. The Balaban J connectivity index is 1.13. The van der Waals surface area contributed by atoms with Crippen LogP contribution in [0.2, 0.25) is 0 Å². The average molecular weight is 691 g/mol. The Morgan fingerprint density at radius 1 is 0.771 bits per heavy atom. The Morgan fingerprint density at radius 2 is 1.27 bits per heavy atom. The van der Waals surface area contributed by atoms with Crippen LogP contribution in [0.15, 0.2) is 49.1 Å². The van der Waals surface area contributed by atoms with Gasteiger partial charge >= 0.3 is 0 Å². The van der Waals surface area contributed by atoms with Crippen molar-refractivity contribution in [1.29, 1.82) is 0 Å². The van der Waals surface area contributed by atoms with Crippen molar-refractivity contribution in [2.45, 2.75) is 77.3 Å². The van der Waals surface area contributed by atoms with Crippen LogP contribution in [0.1, 0.15) is 85.9 Å². The van der Waals surface area contributed by atoms with Gasteiger partial charge in [-0.05, 0) is 86.2 Å². The highest BCUT2D eigenvalue weighted by atomic mass is 32.1. The maximum absolute atomic E-state index is 13.7. The molecule has 4 aromatic rings. The first-order valence-corrected chi connectivity index (χ1v) is 17.2. The maximum Gasteiger partial charge on any atom is 0.275 e. The van der Waals surface area contributed by atoms with Gasteiger partial charge in [-0.3, -0.25) is 25.9 Å². The summed E-state index contributed by atoms with van der Waals surface area (Å²) < 4.78 is 3.45. The standard InChI is InChI=1S/C32H42N12O2S2/c1-19-9-3-5-11-23(19)36-27-21(17-34-42-15-7-13-25(27)42)29(45)38-39-32(48)41-44(31(33)47)40-30(46)22-18-35-43-16-8-14-26(43)28(22)37-24-12-6-4-10-20(24)2/h7-8,13-20,23-24,36-37H,3-6,9-12H2,1-2H3,(H2,33,47)(H,38,45)(H,40,46)(H2,39,41,48). The van der Waals surface area contributed by atoms with E-state index >= 15 is 0 Å². The van der Waals surface area contributed by atoms with E-state index in [1.54, 1.807) is 9.03 Å². The lowest BCUT2D eigenvalue weighted by molar-refractivity contribution is 0.0847. The van der Waals surface area contributed by atoms with Crippen LogP contribution in [0.4, 0.5) is 11.4 Å². The van der Waals surface area contributed by atoms with E-state index in [1.165, 1.54) is 25.2 Å². The summed E-state index contributed by atoms with van der Waals surface area (Å²) in [6.07, 6.45) is 15.7. The number of nitrogens with two attached hydrogens (primary N) is 1. The molecule has 14 nitrogen and oxygen atoms in total. The summed E-state index contributed by atoms with van der Waals surface area (Å²) in [6.45, 7) is 4.46. The molecule has 4 unspecified atom stereocenters. The van der Waals surface area contributed by atoms with Gasteiger partial charge in [0.15, 0.2) is 0 Å². The minimum atomic E-state index is -0.511. The van der Waals surface area contributed by atoms with Crippen LogP contribution in [0.5, 0.6) is 0 Å². The van der Waals surface area contributed by atoms with Crippen molar-refractivity contribution in [1.82, 2.24) is 46.0 Å². The first-order chi connectivity index (χ1) is 23.2. The van der Waals surface area contributed by atoms with Gasteiger partial charge in [0.25, 0.3) is 11.8 Å². The summed E-state index contributed by atoms with van der Waals surface area (Å²) in [5, 5.41) is 16.8. The summed E-state index contributed by atoms with van der Waals surface area (Å²) in [5.41, 5.74) is 20.3. The molecule has 0 aromatic carbocycles. The number of hydrazine groups is 3. The number of hydrogen-bond acceptors (Lipinski definition) is 8. The predicted molar refractivity (Wildman–Crippen MR) is 193 cm³/mol. The van der Waals surface area contributed by atoms with Crippen molar-refractivity contribution in [3.05, 3.63) is 60.2 Å². The number of aromatic nitrogens is 4. The zero-order valence-corrected chi connectivity index (χ0v) is 28.7. The molecule has 2 aliphatic rings. The van der Waals surface area contributed by atoms with Crippen LogP contribution < -0.4 is 38.1 Å². The average Bonchev–Trinajstić information content (AvgIpc) is 3.76. The summed E-state index contributed by atoms with van der Waals surface area (Å²) in [6, 6.07) is 8.04. The molecule has 48 heavy (non-hydrogen) atoms. The summed E-state index contributed by atoms with van der Waals surface area (Å²) in [7, 11) is 0. The fourth-order valence-electron chi connectivity index (χ4n) is 6.68. The predicted octanol–water partition coefficient (Wildman–Crippen LogP) is 3.88. The molecule has 0 bridgehead atoms. The van der Waals surface area contributed by atoms with Gasteiger partial charge in [-0.15, -0.1) is 0 Å². The van der Waals surface area contributed by atoms with Crippen LogP contribution in [0.25, 0.3) is 11.0 Å². The summed E-state index contributed by atoms with van der Waals surface area (Å²) in [5.74, 6) is -0.0389. The van der Waals surface area contributed by atoms with Crippen LogP contribution in [0.3, 0.4) is 0 Å². The van der Waals surface area contributed by atoms with Gasteiger partial charge in [0.05, 0.1) is 45.9 Å². The SMILES string of the molecule is CC1CCCCC1Nc1c(C(=O)NNC(=S)NN(NC(=O)c2cnn3cccc3c2NC2CCCCC2C)C(N)=S)cnn2cccc12. The third kappa shape index (κ3) is 7.23. The molecule has 8 N–H and O–H groups in total. The van der Waals surface area contributed by atoms with Crippen LogP contribution in [-0.2, 0) is 0 Å². The second-order valence-corrected chi connectivity index (χ2v) is 13.5. The van der Waals surface area contributed by atoms with E-state index in [2.05, 4.69) is 56.4 Å². The Morgan fingerprint density at radius 3 is 1.77 bits per heavy atom. The molecular formula is C32H42N12O2S2. The van der Waals surface area contributed by atoms with E-state index in [-0.39, 0.29) is 22.3 Å². The molecule has 2 saturated carbocycles. The lowest BCUT2D eigenvalue weighted by atomic mass is 9.85. The molecule has 2 aliphatic carbocycles. The van der Waals surface area contributed by atoms with Crippen LogP contribution in [-0.4, -0.2) is 58.5 Å². The fourth-order valence-corrected chi connectivity index (χ4v) is 6.91. The van der Waals surface area contributed by atoms with E-state index in [9.17, 15) is 9.59 Å². The third-order valence-corrected chi connectivity index (χ3v) is 9.81. The molecule has 0 radical (unpaired) electrons. The number of carbonyl (C=O) groups is 2. The number of thiocarbonyl (C=S) groups is 2. The molecule has 2 amide bonds. The topological polar surface area (TPSA) is 170 Å². The van der Waals surface area contributed by atoms with Crippen molar-refractivity contribution >= 4 is 68.9 Å². The molecule has 4 atom stereocenters. The zero-order valence-electron chi connectivity index (χ0n) is 27.0. The minimum absolute atomic E-state index is 0.0712. The highest BCUT2D eigenvalue weighted by molar-refractivity contribution is 7.80. The van der Waals surface area contributed by atoms with E-state index in [0.29, 0.717) is 34.3 Å². The first-order valence-electron chi connectivity index (χ1n) is 16.4. The van der Waals surface area contributed by atoms with E-state index in [1.807, 2.05) is 36.7 Å². The lowest BCUT2D eigenvalue weighted by Crippen LogP contribution is -2.61. The quantitative estimate of drug-likeness (QED) is 0.115. The van der Waals surface area contributed by atoms with Gasteiger partial charge in [-0.1, -0.05) is 39.5 Å². The van der Waals surface area contributed by atoms with Crippen LogP contribution in [0, 0.1) is 11.8 Å². The lowest BCUT2D eigenvalue weighted by Gasteiger charge is -2.31. The normalized spacial score (nSPS) is 20.9. The second-order valence-electron chi connectivity index (χ2n) is 12.7. The van der Waals surface area contributed by atoms with E-state index in [0.717, 1.165) is 54.7 Å². The highest BCUT2D eigenvalue weighted by Crippen LogP contribution is 2.32. The molecule has 16 heteroatoms. The van der Waals surface area contributed by atoms with Gasteiger partial charge in [-0.25, -0.2) is 14.5 Å². The molecule has 0 aliphatic heterocycles. The second kappa shape index (κ2) is 14.6. The minimum Gasteiger partial charge on any atom is -0.380 e. The molecule has 0 spiro atoms. The number of carbonyl (C=O) groups excluding carboxylic acids is 2. The third-order valence-electron chi connectivity index (χ3n) is 9.44. The van der Waals surface area contributed by atoms with Gasteiger partial charge in [0.2, 0.25) is 10.2 Å². The van der Waals surface area contributed by atoms with Gasteiger partial charge in [0, 0.05) is 24.5 Å². The Bertz CT molecular complexity index is 1820. The Labute approximate surface area is 289 Å². The number of anilines is 2. The monoisotopic (exact) mass is 690 g/mol. The number of rotatable bonds is 6. The van der Waals surface area contributed by atoms with Crippen molar-refractivity contribution in [2.75, 3.05) is 10.6 Å². The molecule has 2 fully saturated rings. The molecule has 6 rings (SSSR count). The van der Waals surface area contributed by atoms with Crippen molar-refractivity contribution in [3.63, 3.8) is 0 Å². The zero-order chi connectivity index (χ0) is 33.8. The molecule has 254 valence electrons. The van der Waals surface area contributed by atoms with Crippen LogP contribution >= 0.6 is 24.4 Å². The van der Waals surface area contributed by atoms with Gasteiger partial charge in [0.1, 0.15) is 0 Å². The number of amides is 2. The summed E-state index contributed by atoms with van der Waals surface area (Å²) in [4.78, 5) is 27.1. The molecule has 4 heterocycles. The fraction of sp³-hybridized carbons (Fsp3) is 0.438. The number of hydrogen-bond donors (Lipinski definition) is 7. The Kier molecular flexibility index (Phi) is 10.1. The van der Waals surface area contributed by atoms with E-state index in [4.69, 9.17) is 30.2 Å². The van der Waals surface area contributed by atoms with Crippen molar-refractivity contribution < 1.29 is 9.59 Å². The van der Waals surface area contributed by atoms with E-state index < -0.39 is 11.8 Å². The Hall–Kier alpha value is -4.70. The molecule has 4 aromatic heterocycles. The summed E-state index contributed by atoms with van der Waals surface area (Å²) >= 11 is 10.6. The van der Waals surface area contributed by atoms with Crippen molar-refractivity contribution in [2.24, 2.45) is 17.6 Å². The van der Waals surface area contributed by atoms with Gasteiger partial charge in [-0.2, -0.15) is 15.3 Å². The van der Waals surface area contributed by atoms with Crippen molar-refractivity contribution in [3.8, 4) is 0 Å². The molecule has 0 saturated heterocycles. The van der Waals surface area contributed by atoms with Gasteiger partial charge < -0.3 is 16.4 Å². The molecular weight excluding hydrogens is 649 g/mol. The highest BCUT2D eigenvalue weighted by Gasteiger charge is 2.27.